The molecule has 1 N–H and O–H groups in total. The molecule has 0 unspecified atom stereocenters. The monoisotopic (exact) mass is 349 g/mol. The molecule has 3 aromatic rings. The van der Waals surface area contributed by atoms with E-state index >= 15 is 0 Å². The predicted molar refractivity (Wildman–Crippen MR) is 98.2 cm³/mol. The number of methoxy groups -OCH3 is 2. The third-order valence-electron chi connectivity index (χ3n) is 3.92. The Balaban J connectivity index is 1.79. The van der Waals surface area contributed by atoms with Gasteiger partial charge in [0.15, 0.2) is 0 Å². The van der Waals surface area contributed by atoms with E-state index < -0.39 is 0 Å². The van der Waals surface area contributed by atoms with Gasteiger partial charge in [-0.25, -0.2) is 0 Å². The van der Waals surface area contributed by atoms with Crippen LogP contribution in [0.5, 0.6) is 11.5 Å². The molecule has 0 atom stereocenters. The summed E-state index contributed by atoms with van der Waals surface area (Å²) in [6.07, 6.45) is 5.18. The molecule has 132 valence electrons. The van der Waals surface area contributed by atoms with Gasteiger partial charge in [-0.3, -0.25) is 14.8 Å². The Morgan fingerprint density at radius 3 is 2.65 bits per heavy atom. The molecule has 2 heterocycles. The molecule has 1 aromatic carbocycles. The summed E-state index contributed by atoms with van der Waals surface area (Å²) in [5, 5.41) is 2.92. The van der Waals surface area contributed by atoms with Crippen LogP contribution in [0.3, 0.4) is 0 Å². The molecule has 0 aliphatic rings. The van der Waals surface area contributed by atoms with Gasteiger partial charge in [0.2, 0.25) is 0 Å². The largest absolute Gasteiger partial charge is 0.497 e. The summed E-state index contributed by atoms with van der Waals surface area (Å²) in [5.41, 5.74) is 3.04. The molecule has 0 saturated carbocycles. The van der Waals surface area contributed by atoms with Crippen LogP contribution in [0.25, 0.3) is 11.3 Å². The highest BCUT2D eigenvalue weighted by Gasteiger charge is 2.14. The maximum atomic E-state index is 12.6. The number of hydrogen-bond donors (Lipinski definition) is 1. The average Bonchev–Trinajstić information content (AvgIpc) is 2.72. The molecule has 0 aliphatic heterocycles. The number of hydrogen-bond acceptors (Lipinski definition) is 5. The second kappa shape index (κ2) is 8.11. The molecule has 0 saturated heterocycles. The van der Waals surface area contributed by atoms with E-state index in [1.54, 1.807) is 43.9 Å². The maximum absolute atomic E-state index is 12.6. The molecule has 2 aromatic heterocycles. The number of aromatic nitrogens is 2. The van der Waals surface area contributed by atoms with E-state index in [0.29, 0.717) is 23.6 Å². The molecule has 0 aliphatic carbocycles. The van der Waals surface area contributed by atoms with Gasteiger partial charge in [-0.15, -0.1) is 0 Å². The fourth-order valence-electron chi connectivity index (χ4n) is 2.60. The minimum Gasteiger partial charge on any atom is -0.497 e. The second-order valence-electron chi connectivity index (χ2n) is 5.50. The third-order valence-corrected chi connectivity index (χ3v) is 3.92. The van der Waals surface area contributed by atoms with Gasteiger partial charge in [0.25, 0.3) is 5.91 Å². The highest BCUT2D eigenvalue weighted by atomic mass is 16.5. The number of carbonyl (C=O) groups excluding carboxylic acids is 1. The average molecular weight is 349 g/mol. The van der Waals surface area contributed by atoms with Crippen molar-refractivity contribution in [3.63, 3.8) is 0 Å². The first-order valence-electron chi connectivity index (χ1n) is 8.07. The number of carbonyl (C=O) groups is 1. The lowest BCUT2D eigenvalue weighted by Gasteiger charge is -2.12. The van der Waals surface area contributed by atoms with Gasteiger partial charge < -0.3 is 14.8 Å². The van der Waals surface area contributed by atoms with Crippen LogP contribution >= 0.6 is 0 Å². The molecule has 26 heavy (non-hydrogen) atoms. The van der Waals surface area contributed by atoms with Crippen LogP contribution in [-0.4, -0.2) is 30.1 Å². The number of nitrogens with zero attached hydrogens (tertiary/aromatic N) is 2. The SMILES string of the molecule is COc1ccc(C(=O)NCc2cccnc2-c2cccnc2)c(OC)c1. The van der Waals surface area contributed by atoms with Crippen LogP contribution in [0.2, 0.25) is 0 Å². The Kier molecular flexibility index (Phi) is 5.43. The number of nitrogens with one attached hydrogen (secondary N) is 1. The van der Waals surface area contributed by atoms with Crippen molar-refractivity contribution in [3.05, 3.63) is 72.2 Å². The summed E-state index contributed by atoms with van der Waals surface area (Å²) in [6, 6.07) is 12.7. The Hall–Kier alpha value is -3.41. The maximum Gasteiger partial charge on any atom is 0.255 e. The van der Waals surface area contributed by atoms with Gasteiger partial charge in [0.1, 0.15) is 11.5 Å². The molecule has 3 rings (SSSR count). The number of benzene rings is 1. The summed E-state index contributed by atoms with van der Waals surface area (Å²) >= 11 is 0. The number of rotatable bonds is 6. The van der Waals surface area contributed by atoms with E-state index in [1.807, 2.05) is 24.3 Å². The summed E-state index contributed by atoms with van der Waals surface area (Å²) in [5.74, 6) is 0.857. The molecule has 0 spiro atoms. The second-order valence-corrected chi connectivity index (χ2v) is 5.50. The lowest BCUT2D eigenvalue weighted by Crippen LogP contribution is -2.23. The van der Waals surface area contributed by atoms with Crippen LogP contribution in [0.1, 0.15) is 15.9 Å². The number of amides is 1. The highest BCUT2D eigenvalue weighted by Crippen LogP contribution is 2.25. The van der Waals surface area contributed by atoms with Crippen molar-refractivity contribution in [2.24, 2.45) is 0 Å². The van der Waals surface area contributed by atoms with Crippen molar-refractivity contribution in [1.29, 1.82) is 0 Å². The van der Waals surface area contributed by atoms with E-state index in [2.05, 4.69) is 15.3 Å². The van der Waals surface area contributed by atoms with Gasteiger partial charge in [-0.1, -0.05) is 6.07 Å². The molecule has 6 heteroatoms. The van der Waals surface area contributed by atoms with Crippen molar-refractivity contribution in [3.8, 4) is 22.8 Å². The Morgan fingerprint density at radius 2 is 1.92 bits per heavy atom. The third kappa shape index (κ3) is 3.80. The van der Waals surface area contributed by atoms with Crippen molar-refractivity contribution >= 4 is 5.91 Å². The smallest absolute Gasteiger partial charge is 0.255 e. The number of pyridine rings is 2. The number of ether oxygens (including phenoxy) is 2. The van der Waals surface area contributed by atoms with Crippen molar-refractivity contribution in [2.45, 2.75) is 6.54 Å². The summed E-state index contributed by atoms with van der Waals surface area (Å²) in [7, 11) is 3.09. The van der Waals surface area contributed by atoms with E-state index in [1.165, 1.54) is 7.11 Å². The van der Waals surface area contributed by atoms with E-state index in [9.17, 15) is 4.79 Å². The van der Waals surface area contributed by atoms with Crippen molar-refractivity contribution in [2.75, 3.05) is 14.2 Å². The Labute approximate surface area is 151 Å². The molecule has 0 fully saturated rings. The first-order chi connectivity index (χ1) is 12.7. The fraction of sp³-hybridized carbons (Fsp3) is 0.150. The lowest BCUT2D eigenvalue weighted by molar-refractivity contribution is 0.0948. The van der Waals surface area contributed by atoms with Crippen LogP contribution in [-0.2, 0) is 6.54 Å². The minimum atomic E-state index is -0.231. The quantitative estimate of drug-likeness (QED) is 0.740. The Bertz CT molecular complexity index is 898. The molecule has 1 amide bonds. The van der Waals surface area contributed by atoms with Crippen molar-refractivity contribution in [1.82, 2.24) is 15.3 Å². The van der Waals surface area contributed by atoms with Crippen LogP contribution < -0.4 is 14.8 Å². The van der Waals surface area contributed by atoms with E-state index in [-0.39, 0.29) is 5.91 Å². The van der Waals surface area contributed by atoms with Crippen LogP contribution in [0.15, 0.2) is 61.1 Å². The highest BCUT2D eigenvalue weighted by molar-refractivity contribution is 5.97. The topological polar surface area (TPSA) is 73.3 Å². The zero-order valence-corrected chi connectivity index (χ0v) is 14.6. The summed E-state index contributed by atoms with van der Waals surface area (Å²) < 4.78 is 10.5. The molecular formula is C20H19N3O3. The summed E-state index contributed by atoms with van der Waals surface area (Å²) in [4.78, 5) is 21.1. The van der Waals surface area contributed by atoms with E-state index in [0.717, 1.165) is 16.8 Å². The fourth-order valence-corrected chi connectivity index (χ4v) is 2.60. The first kappa shape index (κ1) is 17.4. The van der Waals surface area contributed by atoms with E-state index in [4.69, 9.17) is 9.47 Å². The first-order valence-corrected chi connectivity index (χ1v) is 8.07. The van der Waals surface area contributed by atoms with Gasteiger partial charge in [0.05, 0.1) is 25.5 Å². The molecular weight excluding hydrogens is 330 g/mol. The predicted octanol–water partition coefficient (Wildman–Crippen LogP) is 3.09. The molecule has 0 bridgehead atoms. The van der Waals surface area contributed by atoms with Gasteiger partial charge in [-0.2, -0.15) is 0 Å². The zero-order chi connectivity index (χ0) is 18.4. The standard InChI is InChI=1S/C20H19N3O3/c1-25-16-7-8-17(18(11-16)26-2)20(24)23-13-15-6-4-10-22-19(15)14-5-3-9-21-12-14/h3-12H,13H2,1-2H3,(H,23,24). The Morgan fingerprint density at radius 1 is 1.08 bits per heavy atom. The normalized spacial score (nSPS) is 10.2. The summed E-state index contributed by atoms with van der Waals surface area (Å²) in [6.45, 7) is 0.339. The van der Waals surface area contributed by atoms with Crippen LogP contribution in [0, 0.1) is 0 Å². The van der Waals surface area contributed by atoms with Gasteiger partial charge >= 0.3 is 0 Å². The van der Waals surface area contributed by atoms with Gasteiger partial charge in [-0.05, 0) is 35.9 Å². The minimum absolute atomic E-state index is 0.231. The van der Waals surface area contributed by atoms with Crippen molar-refractivity contribution < 1.29 is 14.3 Å². The van der Waals surface area contributed by atoms with Crippen LogP contribution in [0.4, 0.5) is 0 Å². The molecule has 6 nitrogen and oxygen atoms in total. The lowest BCUT2D eigenvalue weighted by atomic mass is 10.1. The van der Waals surface area contributed by atoms with Gasteiger partial charge in [0, 0.05) is 36.8 Å². The zero-order valence-electron chi connectivity index (χ0n) is 14.6. The molecule has 0 radical (unpaired) electrons.